The second kappa shape index (κ2) is 7.15. The molecule has 0 spiro atoms. The van der Waals surface area contributed by atoms with E-state index in [4.69, 9.17) is 0 Å². The number of nitrogens with zero attached hydrogens (tertiary/aromatic N) is 2. The molecule has 3 aromatic rings. The average molecular weight is 390 g/mol. The highest BCUT2D eigenvalue weighted by Gasteiger charge is 2.23. The fraction of sp³-hybridized carbons (Fsp3) is 0.235. The predicted octanol–water partition coefficient (Wildman–Crippen LogP) is 3.80. The summed E-state index contributed by atoms with van der Waals surface area (Å²) in [4.78, 5) is 31.5. The van der Waals surface area contributed by atoms with E-state index in [9.17, 15) is 9.59 Å². The first-order valence-corrected chi connectivity index (χ1v) is 10.7. The minimum atomic E-state index is -0.271. The summed E-state index contributed by atoms with van der Waals surface area (Å²) in [6.45, 7) is 1.51. The zero-order valence-corrected chi connectivity index (χ0v) is 15.7. The van der Waals surface area contributed by atoms with Gasteiger partial charge in [0, 0.05) is 24.6 Å². The molecule has 1 saturated heterocycles. The Labute approximate surface area is 157 Å². The van der Waals surface area contributed by atoms with E-state index in [0.717, 1.165) is 34.8 Å². The monoisotopic (exact) mass is 389 g/mol. The third-order valence-corrected chi connectivity index (χ3v) is 6.72. The van der Waals surface area contributed by atoms with Crippen molar-refractivity contribution in [2.45, 2.75) is 0 Å². The molecule has 1 fully saturated rings. The van der Waals surface area contributed by atoms with Crippen LogP contribution in [0.5, 0.6) is 0 Å². The number of anilines is 1. The van der Waals surface area contributed by atoms with Crippen LogP contribution in [-0.2, 0) is 0 Å². The average Bonchev–Trinajstić information content (AvgIpc) is 3.28. The molecule has 4 rings (SSSR count). The summed E-state index contributed by atoms with van der Waals surface area (Å²) in [5.41, 5.74) is 1.37. The van der Waals surface area contributed by atoms with E-state index in [1.165, 1.54) is 22.7 Å². The number of rotatable bonds is 3. The first-order valence-electron chi connectivity index (χ1n) is 7.84. The highest BCUT2D eigenvalue weighted by Crippen LogP contribution is 2.28. The van der Waals surface area contributed by atoms with Gasteiger partial charge in [0.1, 0.15) is 5.00 Å². The second-order valence-electron chi connectivity index (χ2n) is 5.51. The Morgan fingerprint density at radius 3 is 2.72 bits per heavy atom. The molecule has 3 heterocycles. The zero-order valence-electron chi connectivity index (χ0n) is 13.2. The summed E-state index contributed by atoms with van der Waals surface area (Å²) >= 11 is 4.58. The zero-order chi connectivity index (χ0) is 17.2. The van der Waals surface area contributed by atoms with E-state index < -0.39 is 0 Å². The van der Waals surface area contributed by atoms with Crippen molar-refractivity contribution in [2.75, 3.05) is 29.9 Å². The number of carbonyl (C=O) groups excluding carboxylic acids is 2. The van der Waals surface area contributed by atoms with Gasteiger partial charge in [0.05, 0.1) is 15.8 Å². The van der Waals surface area contributed by atoms with Crippen LogP contribution in [0.2, 0.25) is 0 Å². The van der Waals surface area contributed by atoms with Crippen LogP contribution in [0.1, 0.15) is 20.2 Å². The minimum absolute atomic E-state index is 0.0128. The van der Waals surface area contributed by atoms with E-state index >= 15 is 0 Å². The number of carbonyl (C=O) groups is 2. The molecule has 25 heavy (non-hydrogen) atoms. The SMILES string of the molecule is O=C(Nc1sccc1C(=O)N1CCSCC1)c1nc2ccccc2s1. The molecule has 1 aliphatic heterocycles. The van der Waals surface area contributed by atoms with Crippen LogP contribution < -0.4 is 5.32 Å². The number of thiazole rings is 1. The molecule has 0 bridgehead atoms. The van der Waals surface area contributed by atoms with Crippen molar-refractivity contribution in [3.05, 3.63) is 46.3 Å². The fourth-order valence-electron chi connectivity index (χ4n) is 2.64. The van der Waals surface area contributed by atoms with E-state index in [2.05, 4.69) is 10.3 Å². The number of amides is 2. The second-order valence-corrected chi connectivity index (χ2v) is 8.68. The highest BCUT2D eigenvalue weighted by molar-refractivity contribution is 7.99. The van der Waals surface area contributed by atoms with E-state index in [-0.39, 0.29) is 11.8 Å². The molecule has 0 saturated carbocycles. The topological polar surface area (TPSA) is 62.3 Å². The maximum Gasteiger partial charge on any atom is 0.285 e. The van der Waals surface area contributed by atoms with Crippen LogP contribution in [0, 0.1) is 0 Å². The first-order chi connectivity index (χ1) is 12.2. The van der Waals surface area contributed by atoms with Crippen molar-refractivity contribution in [1.29, 1.82) is 0 Å². The van der Waals surface area contributed by atoms with Gasteiger partial charge in [0.2, 0.25) is 0 Å². The number of aromatic nitrogens is 1. The Morgan fingerprint density at radius 2 is 1.92 bits per heavy atom. The van der Waals surface area contributed by atoms with Gasteiger partial charge in [-0.15, -0.1) is 22.7 Å². The van der Waals surface area contributed by atoms with Gasteiger partial charge < -0.3 is 10.2 Å². The molecule has 1 aliphatic rings. The van der Waals surface area contributed by atoms with Crippen molar-refractivity contribution in [1.82, 2.24) is 9.88 Å². The first kappa shape index (κ1) is 16.6. The third-order valence-electron chi connectivity index (χ3n) is 3.91. The Bertz CT molecular complexity index is 895. The Hall–Kier alpha value is -1.90. The molecule has 0 atom stereocenters. The number of thiophene rings is 1. The smallest absolute Gasteiger partial charge is 0.285 e. The number of nitrogens with one attached hydrogen (secondary N) is 1. The summed E-state index contributed by atoms with van der Waals surface area (Å²) in [6, 6.07) is 9.43. The van der Waals surface area contributed by atoms with Crippen molar-refractivity contribution < 1.29 is 9.59 Å². The summed E-state index contributed by atoms with van der Waals surface area (Å²) in [5, 5.41) is 5.69. The van der Waals surface area contributed by atoms with Crippen LogP contribution in [0.4, 0.5) is 5.00 Å². The molecule has 0 radical (unpaired) electrons. The van der Waals surface area contributed by atoms with Crippen molar-refractivity contribution in [2.24, 2.45) is 0 Å². The molecule has 0 unspecified atom stereocenters. The van der Waals surface area contributed by atoms with Gasteiger partial charge in [0.15, 0.2) is 5.01 Å². The minimum Gasteiger partial charge on any atom is -0.337 e. The largest absolute Gasteiger partial charge is 0.337 e. The maximum atomic E-state index is 12.7. The summed E-state index contributed by atoms with van der Waals surface area (Å²) in [6.07, 6.45) is 0. The number of benzene rings is 1. The van der Waals surface area contributed by atoms with Crippen LogP contribution in [-0.4, -0.2) is 46.3 Å². The summed E-state index contributed by atoms with van der Waals surface area (Å²) in [5.74, 6) is 1.64. The van der Waals surface area contributed by atoms with Crippen molar-refractivity contribution in [3.63, 3.8) is 0 Å². The van der Waals surface area contributed by atoms with Crippen LogP contribution in [0.25, 0.3) is 10.2 Å². The van der Waals surface area contributed by atoms with Crippen LogP contribution >= 0.6 is 34.4 Å². The van der Waals surface area contributed by atoms with Crippen LogP contribution in [0.15, 0.2) is 35.7 Å². The summed E-state index contributed by atoms with van der Waals surface area (Å²) in [7, 11) is 0. The Kier molecular flexibility index (Phi) is 4.74. The van der Waals surface area contributed by atoms with Gasteiger partial charge in [-0.25, -0.2) is 4.98 Å². The maximum absolute atomic E-state index is 12.7. The van der Waals surface area contributed by atoms with Gasteiger partial charge in [0.25, 0.3) is 11.8 Å². The standard InChI is InChI=1S/C17H15N3O2S3/c21-14(16-18-12-3-1-2-4-13(12)25-16)19-15-11(5-8-24-15)17(22)20-6-9-23-10-7-20/h1-5,8H,6-7,9-10H2,(H,19,21). The van der Waals surface area contributed by atoms with Gasteiger partial charge >= 0.3 is 0 Å². The lowest BCUT2D eigenvalue weighted by Crippen LogP contribution is -2.38. The molecule has 2 amide bonds. The van der Waals surface area contributed by atoms with E-state index in [0.29, 0.717) is 15.6 Å². The van der Waals surface area contributed by atoms with Crippen molar-refractivity contribution >= 4 is 61.5 Å². The van der Waals surface area contributed by atoms with E-state index in [1.807, 2.05) is 46.3 Å². The van der Waals surface area contributed by atoms with Crippen molar-refractivity contribution in [3.8, 4) is 0 Å². The third kappa shape index (κ3) is 3.42. The predicted molar refractivity (Wildman–Crippen MR) is 105 cm³/mol. The lowest BCUT2D eigenvalue weighted by Gasteiger charge is -2.26. The summed E-state index contributed by atoms with van der Waals surface area (Å²) < 4.78 is 0.973. The van der Waals surface area contributed by atoms with E-state index in [1.54, 1.807) is 6.07 Å². The molecule has 128 valence electrons. The number of fused-ring (bicyclic) bond motifs is 1. The quantitative estimate of drug-likeness (QED) is 0.740. The molecule has 1 aromatic carbocycles. The Morgan fingerprint density at radius 1 is 1.12 bits per heavy atom. The Balaban J connectivity index is 1.54. The lowest BCUT2D eigenvalue weighted by atomic mass is 10.2. The number of para-hydroxylation sites is 1. The van der Waals surface area contributed by atoms with Gasteiger partial charge in [-0.05, 0) is 23.6 Å². The lowest BCUT2D eigenvalue weighted by molar-refractivity contribution is 0.0774. The normalized spacial score (nSPS) is 14.6. The molecule has 1 N–H and O–H groups in total. The fourth-order valence-corrected chi connectivity index (χ4v) is 5.18. The molecule has 0 aliphatic carbocycles. The molecule has 8 heteroatoms. The van der Waals surface area contributed by atoms with Gasteiger partial charge in [-0.3, -0.25) is 9.59 Å². The molecule has 2 aromatic heterocycles. The molecular weight excluding hydrogens is 374 g/mol. The van der Waals surface area contributed by atoms with Crippen LogP contribution in [0.3, 0.4) is 0 Å². The number of thioether (sulfide) groups is 1. The molecular formula is C17H15N3O2S3. The number of hydrogen-bond acceptors (Lipinski definition) is 6. The number of hydrogen-bond donors (Lipinski definition) is 1. The molecule has 5 nitrogen and oxygen atoms in total. The van der Waals surface area contributed by atoms with Gasteiger partial charge in [-0.1, -0.05) is 12.1 Å². The highest BCUT2D eigenvalue weighted by atomic mass is 32.2. The van der Waals surface area contributed by atoms with Gasteiger partial charge in [-0.2, -0.15) is 11.8 Å².